The van der Waals surface area contributed by atoms with E-state index in [0.29, 0.717) is 11.3 Å². The van der Waals surface area contributed by atoms with E-state index in [2.05, 4.69) is 19.2 Å². The first-order valence-electron chi connectivity index (χ1n) is 8.24. The molecular weight excluding hydrogens is 350 g/mol. The molecule has 0 aliphatic carbocycles. The molecule has 2 aromatic rings. The molecule has 2 rings (SSSR count). The Bertz CT molecular complexity index is 789. The normalized spacial score (nSPS) is 10.5. The van der Waals surface area contributed by atoms with Gasteiger partial charge in [0.2, 0.25) is 0 Å². The van der Waals surface area contributed by atoms with Crippen molar-refractivity contribution in [2.45, 2.75) is 24.7 Å². The summed E-state index contributed by atoms with van der Waals surface area (Å²) in [5.41, 5.74) is 2.05. The van der Waals surface area contributed by atoms with Crippen molar-refractivity contribution in [3.8, 4) is 5.75 Å². The lowest BCUT2D eigenvalue weighted by Gasteiger charge is -2.14. The van der Waals surface area contributed by atoms with Crippen LogP contribution in [0.15, 0.2) is 47.4 Å². The third-order valence-electron chi connectivity index (χ3n) is 3.82. The van der Waals surface area contributed by atoms with Crippen LogP contribution in [0.2, 0.25) is 0 Å². The lowest BCUT2D eigenvalue weighted by Crippen LogP contribution is -2.22. The minimum Gasteiger partial charge on any atom is -0.496 e. The van der Waals surface area contributed by atoms with Crippen molar-refractivity contribution in [1.29, 1.82) is 0 Å². The number of nitrogens with one attached hydrogen (secondary N) is 1. The Balaban J connectivity index is 2.01. The first kappa shape index (κ1) is 19.8. The van der Waals surface area contributed by atoms with E-state index in [1.807, 2.05) is 36.6 Å². The van der Waals surface area contributed by atoms with Crippen LogP contribution in [-0.2, 0) is 9.53 Å². The zero-order chi connectivity index (χ0) is 19.1. The highest BCUT2D eigenvalue weighted by Gasteiger charge is 2.16. The predicted octanol–water partition coefficient (Wildman–Crippen LogP) is 4.34. The second kappa shape index (κ2) is 9.29. The predicted molar refractivity (Wildman–Crippen MR) is 104 cm³/mol. The fourth-order valence-electron chi connectivity index (χ4n) is 2.48. The van der Waals surface area contributed by atoms with Crippen molar-refractivity contribution < 1.29 is 19.1 Å². The molecule has 0 atom stereocenters. The molecule has 0 unspecified atom stereocenters. The van der Waals surface area contributed by atoms with Gasteiger partial charge in [-0.25, -0.2) is 4.79 Å². The first-order chi connectivity index (χ1) is 12.5. The van der Waals surface area contributed by atoms with Gasteiger partial charge in [-0.15, -0.1) is 11.8 Å². The second-order valence-electron chi connectivity index (χ2n) is 5.93. The number of ether oxygens (including phenoxy) is 2. The summed E-state index contributed by atoms with van der Waals surface area (Å²) in [7, 11) is 1.49. The summed E-state index contributed by atoms with van der Waals surface area (Å²) in [4.78, 5) is 25.4. The Morgan fingerprint density at radius 2 is 1.88 bits per heavy atom. The van der Waals surface area contributed by atoms with Gasteiger partial charge < -0.3 is 14.8 Å². The molecule has 26 heavy (non-hydrogen) atoms. The number of carbonyl (C=O) groups is 2. The minimum absolute atomic E-state index is 0.272. The van der Waals surface area contributed by atoms with Gasteiger partial charge in [0.05, 0.1) is 7.11 Å². The van der Waals surface area contributed by atoms with Crippen LogP contribution in [0, 0.1) is 0 Å². The molecule has 1 N–H and O–H groups in total. The summed E-state index contributed by atoms with van der Waals surface area (Å²) in [5.74, 6) is -0.284. The average Bonchev–Trinajstić information content (AvgIpc) is 2.65. The maximum Gasteiger partial charge on any atom is 0.342 e. The van der Waals surface area contributed by atoms with E-state index >= 15 is 0 Å². The molecule has 0 aliphatic heterocycles. The largest absolute Gasteiger partial charge is 0.496 e. The zero-order valence-corrected chi connectivity index (χ0v) is 16.2. The number of para-hydroxylation sites is 1. The zero-order valence-electron chi connectivity index (χ0n) is 15.4. The van der Waals surface area contributed by atoms with Crippen LogP contribution >= 0.6 is 11.8 Å². The third kappa shape index (κ3) is 5.02. The molecule has 0 aliphatic rings. The Morgan fingerprint density at radius 1 is 1.15 bits per heavy atom. The van der Waals surface area contributed by atoms with Gasteiger partial charge >= 0.3 is 5.97 Å². The highest BCUT2D eigenvalue weighted by Crippen LogP contribution is 2.26. The molecule has 0 radical (unpaired) electrons. The molecule has 1 amide bonds. The monoisotopic (exact) mass is 373 g/mol. The molecule has 6 heteroatoms. The van der Waals surface area contributed by atoms with Crippen molar-refractivity contribution in [1.82, 2.24) is 0 Å². The Morgan fingerprint density at radius 3 is 2.54 bits per heavy atom. The molecule has 0 saturated heterocycles. The number of hydrogen-bond acceptors (Lipinski definition) is 5. The van der Waals surface area contributed by atoms with Crippen molar-refractivity contribution >= 4 is 29.3 Å². The molecule has 0 heterocycles. The fraction of sp³-hybridized carbons (Fsp3) is 0.300. The molecule has 2 aromatic carbocycles. The van der Waals surface area contributed by atoms with E-state index in [1.165, 1.54) is 7.11 Å². The van der Waals surface area contributed by atoms with Crippen LogP contribution in [0.1, 0.15) is 35.7 Å². The number of hydrogen-bond donors (Lipinski definition) is 1. The van der Waals surface area contributed by atoms with E-state index < -0.39 is 5.97 Å². The topological polar surface area (TPSA) is 64.6 Å². The maximum absolute atomic E-state index is 12.3. The molecule has 0 fully saturated rings. The van der Waals surface area contributed by atoms with Gasteiger partial charge in [-0.05, 0) is 42.0 Å². The van der Waals surface area contributed by atoms with Gasteiger partial charge in [0, 0.05) is 10.6 Å². The summed E-state index contributed by atoms with van der Waals surface area (Å²) < 4.78 is 10.4. The fourth-order valence-corrected chi connectivity index (χ4v) is 2.91. The van der Waals surface area contributed by atoms with Crippen LogP contribution < -0.4 is 10.1 Å². The molecular formula is C20H23NO4S. The van der Waals surface area contributed by atoms with Crippen molar-refractivity contribution in [3.05, 3.63) is 53.6 Å². The van der Waals surface area contributed by atoms with E-state index in [0.717, 1.165) is 16.1 Å². The molecule has 0 aromatic heterocycles. The highest BCUT2D eigenvalue weighted by molar-refractivity contribution is 7.98. The average molecular weight is 373 g/mol. The van der Waals surface area contributed by atoms with E-state index in [-0.39, 0.29) is 18.4 Å². The van der Waals surface area contributed by atoms with Gasteiger partial charge in [-0.2, -0.15) is 0 Å². The summed E-state index contributed by atoms with van der Waals surface area (Å²) in [6.07, 6.45) is 1.94. The third-order valence-corrected chi connectivity index (χ3v) is 4.55. The van der Waals surface area contributed by atoms with Crippen LogP contribution in [0.25, 0.3) is 0 Å². The lowest BCUT2D eigenvalue weighted by atomic mass is 10.0. The molecule has 0 spiro atoms. The van der Waals surface area contributed by atoms with Gasteiger partial charge in [0.25, 0.3) is 5.91 Å². The molecule has 5 nitrogen and oxygen atoms in total. The lowest BCUT2D eigenvalue weighted by molar-refractivity contribution is -0.119. The Hall–Kier alpha value is -2.47. The van der Waals surface area contributed by atoms with Crippen molar-refractivity contribution in [2.24, 2.45) is 0 Å². The number of methoxy groups -OCH3 is 1. The van der Waals surface area contributed by atoms with Gasteiger partial charge in [0.1, 0.15) is 11.3 Å². The number of carbonyl (C=O) groups excluding carboxylic acids is 2. The number of benzene rings is 2. The summed E-state index contributed by atoms with van der Waals surface area (Å²) >= 11 is 1.55. The van der Waals surface area contributed by atoms with Gasteiger partial charge in [-0.3, -0.25) is 4.79 Å². The number of rotatable bonds is 7. The number of esters is 1. The second-order valence-corrected chi connectivity index (χ2v) is 6.81. The van der Waals surface area contributed by atoms with Gasteiger partial charge in [-0.1, -0.05) is 32.0 Å². The highest BCUT2D eigenvalue weighted by atomic mass is 32.2. The standard InChI is InChI=1S/C20H23NO4S/c1-13(2)15-7-5-6-8-17(15)21-19(22)12-25-20(23)16-10-9-14(26-4)11-18(16)24-3/h5-11,13H,12H2,1-4H3,(H,21,22). The number of thioether (sulfide) groups is 1. The first-order valence-corrected chi connectivity index (χ1v) is 9.46. The summed E-state index contributed by atoms with van der Waals surface area (Å²) in [5, 5.41) is 2.79. The van der Waals surface area contributed by atoms with Crippen LogP contribution in [0.5, 0.6) is 5.75 Å². The Labute approximate surface area is 158 Å². The van der Waals surface area contributed by atoms with E-state index in [4.69, 9.17) is 9.47 Å². The SMILES string of the molecule is COc1cc(SC)ccc1C(=O)OCC(=O)Nc1ccccc1C(C)C. The smallest absolute Gasteiger partial charge is 0.342 e. The van der Waals surface area contributed by atoms with E-state index in [9.17, 15) is 9.59 Å². The number of anilines is 1. The van der Waals surface area contributed by atoms with Crippen LogP contribution in [0.3, 0.4) is 0 Å². The molecule has 0 bridgehead atoms. The summed E-state index contributed by atoms with van der Waals surface area (Å²) in [6.45, 7) is 3.74. The quantitative estimate of drug-likeness (QED) is 0.578. The minimum atomic E-state index is -0.596. The molecule has 138 valence electrons. The van der Waals surface area contributed by atoms with Crippen molar-refractivity contribution in [2.75, 3.05) is 25.3 Å². The van der Waals surface area contributed by atoms with Gasteiger partial charge in [0.15, 0.2) is 6.61 Å². The van der Waals surface area contributed by atoms with Crippen LogP contribution in [-0.4, -0.2) is 31.8 Å². The maximum atomic E-state index is 12.3. The molecule has 0 saturated carbocycles. The van der Waals surface area contributed by atoms with E-state index in [1.54, 1.807) is 23.9 Å². The number of amides is 1. The Kier molecular flexibility index (Phi) is 7.09. The summed E-state index contributed by atoms with van der Waals surface area (Å²) in [6, 6.07) is 12.8. The van der Waals surface area contributed by atoms with Crippen molar-refractivity contribution in [3.63, 3.8) is 0 Å². The van der Waals surface area contributed by atoms with Crippen LogP contribution in [0.4, 0.5) is 5.69 Å².